The lowest BCUT2D eigenvalue weighted by Crippen LogP contribution is -1.85. The summed E-state index contributed by atoms with van der Waals surface area (Å²) in [7, 11) is 0. The molecule has 0 aliphatic rings. The fourth-order valence-corrected chi connectivity index (χ4v) is 2.60. The smallest absolute Gasteiger partial charge is 0.183 e. The molecule has 3 nitrogen and oxygen atoms in total. The summed E-state index contributed by atoms with van der Waals surface area (Å²) in [5.41, 5.74) is 0.919. The average Bonchev–Trinajstić information content (AvgIpc) is 2.70. The number of halogens is 2. The molecule has 15 heavy (non-hydrogen) atoms. The summed E-state index contributed by atoms with van der Waals surface area (Å²) in [5.74, 6) is 0.674. The highest BCUT2D eigenvalue weighted by atomic mass is 35.5. The largest absolute Gasteiger partial charge is 0.254 e. The molecule has 0 saturated heterocycles. The molecule has 0 fully saturated rings. The van der Waals surface area contributed by atoms with E-state index >= 15 is 0 Å². The third-order valence-electron chi connectivity index (χ3n) is 1.81. The molecule has 78 valence electrons. The number of aromatic nitrogens is 3. The molecular formula is C9H7Cl2N3S. The van der Waals surface area contributed by atoms with Gasteiger partial charge in [0.25, 0.3) is 0 Å². The minimum atomic E-state index is 0.674. The number of rotatable bonds is 3. The average molecular weight is 260 g/mol. The fourth-order valence-electron chi connectivity index (χ4n) is 1.07. The van der Waals surface area contributed by atoms with Gasteiger partial charge in [-0.25, -0.2) is 4.98 Å². The SMILES string of the molecule is Clc1cccc(Cl)c1CSc1ncn[nH]1. The summed E-state index contributed by atoms with van der Waals surface area (Å²) in [6, 6.07) is 5.47. The lowest BCUT2D eigenvalue weighted by atomic mass is 10.2. The predicted octanol–water partition coefficient (Wildman–Crippen LogP) is 3.40. The second-order valence-corrected chi connectivity index (χ2v) is 4.56. The van der Waals surface area contributed by atoms with Crippen molar-refractivity contribution in [2.75, 3.05) is 0 Å². The minimum absolute atomic E-state index is 0.674. The van der Waals surface area contributed by atoms with Crippen molar-refractivity contribution in [3.63, 3.8) is 0 Å². The standard InChI is InChI=1S/C9H7Cl2N3S/c10-7-2-1-3-8(11)6(7)4-15-9-12-5-13-14-9/h1-3,5H,4H2,(H,12,13,14). The number of aromatic amines is 1. The number of H-pyrrole nitrogens is 1. The van der Waals surface area contributed by atoms with E-state index in [2.05, 4.69) is 15.2 Å². The molecule has 1 aromatic carbocycles. The van der Waals surface area contributed by atoms with Crippen LogP contribution in [0.15, 0.2) is 29.7 Å². The molecule has 2 aromatic rings. The summed E-state index contributed by atoms with van der Waals surface area (Å²) in [4.78, 5) is 4.00. The highest BCUT2D eigenvalue weighted by Crippen LogP contribution is 2.29. The maximum atomic E-state index is 6.03. The van der Waals surface area contributed by atoms with E-state index in [0.717, 1.165) is 10.7 Å². The first kappa shape index (κ1) is 10.8. The van der Waals surface area contributed by atoms with Crippen LogP contribution in [0.2, 0.25) is 10.0 Å². The molecule has 0 aliphatic carbocycles. The van der Waals surface area contributed by atoms with E-state index in [1.165, 1.54) is 18.1 Å². The molecular weight excluding hydrogens is 253 g/mol. The van der Waals surface area contributed by atoms with Crippen LogP contribution in [0.25, 0.3) is 0 Å². The molecule has 0 bridgehead atoms. The van der Waals surface area contributed by atoms with Crippen molar-refractivity contribution in [2.24, 2.45) is 0 Å². The van der Waals surface area contributed by atoms with Crippen molar-refractivity contribution >= 4 is 35.0 Å². The van der Waals surface area contributed by atoms with Gasteiger partial charge in [-0.1, -0.05) is 41.0 Å². The molecule has 0 saturated carbocycles. The first-order valence-corrected chi connectivity index (χ1v) is 5.92. The van der Waals surface area contributed by atoms with Gasteiger partial charge in [0.15, 0.2) is 5.16 Å². The number of benzene rings is 1. The number of nitrogens with zero attached hydrogens (tertiary/aromatic N) is 2. The van der Waals surface area contributed by atoms with E-state index in [9.17, 15) is 0 Å². The second kappa shape index (κ2) is 4.88. The van der Waals surface area contributed by atoms with E-state index < -0.39 is 0 Å². The van der Waals surface area contributed by atoms with Gasteiger partial charge in [-0.15, -0.1) is 0 Å². The lowest BCUT2D eigenvalue weighted by Gasteiger charge is -2.04. The van der Waals surface area contributed by atoms with Gasteiger partial charge in [-0.2, -0.15) is 5.10 Å². The van der Waals surface area contributed by atoms with E-state index in [-0.39, 0.29) is 0 Å². The van der Waals surface area contributed by atoms with Gasteiger partial charge >= 0.3 is 0 Å². The van der Waals surface area contributed by atoms with Crippen molar-refractivity contribution in [3.05, 3.63) is 40.1 Å². The normalized spacial score (nSPS) is 10.5. The Kier molecular flexibility index (Phi) is 3.51. The third-order valence-corrected chi connectivity index (χ3v) is 3.42. The van der Waals surface area contributed by atoms with Crippen LogP contribution in [0.1, 0.15) is 5.56 Å². The van der Waals surface area contributed by atoms with Gasteiger partial charge in [0.05, 0.1) is 0 Å². The summed E-state index contributed by atoms with van der Waals surface area (Å²) < 4.78 is 0. The molecule has 0 aliphatic heterocycles. The van der Waals surface area contributed by atoms with E-state index in [4.69, 9.17) is 23.2 Å². The summed E-state index contributed by atoms with van der Waals surface area (Å²) >= 11 is 13.6. The van der Waals surface area contributed by atoms with Gasteiger partial charge < -0.3 is 0 Å². The summed E-state index contributed by atoms with van der Waals surface area (Å²) in [5, 5.41) is 8.62. The number of hydrogen-bond donors (Lipinski definition) is 1. The Labute approximate surface area is 101 Å². The number of thioether (sulfide) groups is 1. The lowest BCUT2D eigenvalue weighted by molar-refractivity contribution is 0.973. The molecule has 0 radical (unpaired) electrons. The molecule has 0 spiro atoms. The van der Waals surface area contributed by atoms with Crippen LogP contribution in [0.3, 0.4) is 0 Å². The van der Waals surface area contributed by atoms with Crippen LogP contribution in [0.4, 0.5) is 0 Å². The van der Waals surface area contributed by atoms with Crippen molar-refractivity contribution in [1.29, 1.82) is 0 Å². The fraction of sp³-hybridized carbons (Fsp3) is 0.111. The monoisotopic (exact) mass is 259 g/mol. The van der Waals surface area contributed by atoms with Crippen molar-refractivity contribution in [2.45, 2.75) is 10.9 Å². The second-order valence-electron chi connectivity index (χ2n) is 2.78. The first-order chi connectivity index (χ1) is 7.27. The van der Waals surface area contributed by atoms with Gasteiger partial charge in [-0.05, 0) is 17.7 Å². The van der Waals surface area contributed by atoms with Crippen LogP contribution < -0.4 is 0 Å². The zero-order valence-electron chi connectivity index (χ0n) is 7.58. The molecule has 2 rings (SSSR count). The van der Waals surface area contributed by atoms with Gasteiger partial charge in [0, 0.05) is 15.8 Å². The molecule has 6 heteroatoms. The first-order valence-electron chi connectivity index (χ1n) is 4.18. The Morgan fingerprint density at radius 3 is 2.60 bits per heavy atom. The van der Waals surface area contributed by atoms with Crippen LogP contribution in [0, 0.1) is 0 Å². The maximum Gasteiger partial charge on any atom is 0.183 e. The van der Waals surface area contributed by atoms with E-state index in [1.807, 2.05) is 18.2 Å². The highest BCUT2D eigenvalue weighted by Gasteiger charge is 2.06. The zero-order valence-corrected chi connectivity index (χ0v) is 9.90. The van der Waals surface area contributed by atoms with E-state index in [0.29, 0.717) is 15.8 Å². The summed E-state index contributed by atoms with van der Waals surface area (Å²) in [6.45, 7) is 0. The number of hydrogen-bond acceptors (Lipinski definition) is 3. The molecule has 1 heterocycles. The van der Waals surface area contributed by atoms with Gasteiger partial charge in [0.1, 0.15) is 6.33 Å². The van der Waals surface area contributed by atoms with Crippen molar-refractivity contribution in [1.82, 2.24) is 15.2 Å². The van der Waals surface area contributed by atoms with Crippen molar-refractivity contribution < 1.29 is 0 Å². The third kappa shape index (κ3) is 2.65. The Morgan fingerprint density at radius 1 is 1.27 bits per heavy atom. The highest BCUT2D eigenvalue weighted by molar-refractivity contribution is 7.98. The minimum Gasteiger partial charge on any atom is -0.254 e. The maximum absolute atomic E-state index is 6.03. The van der Waals surface area contributed by atoms with E-state index in [1.54, 1.807) is 0 Å². The summed E-state index contributed by atoms with van der Waals surface area (Å²) in [6.07, 6.45) is 1.47. The molecule has 0 atom stereocenters. The molecule has 1 aromatic heterocycles. The Hall–Kier alpha value is -0.710. The van der Waals surface area contributed by atoms with Gasteiger partial charge in [0.2, 0.25) is 0 Å². The van der Waals surface area contributed by atoms with Crippen LogP contribution in [-0.2, 0) is 5.75 Å². The molecule has 0 unspecified atom stereocenters. The quantitative estimate of drug-likeness (QED) is 0.860. The number of nitrogens with one attached hydrogen (secondary N) is 1. The Balaban J connectivity index is 2.11. The topological polar surface area (TPSA) is 41.6 Å². The van der Waals surface area contributed by atoms with Gasteiger partial charge in [-0.3, -0.25) is 5.10 Å². The molecule has 0 amide bonds. The van der Waals surface area contributed by atoms with Crippen LogP contribution in [-0.4, -0.2) is 15.2 Å². The molecule has 1 N–H and O–H groups in total. The Morgan fingerprint density at radius 2 is 2.00 bits per heavy atom. The zero-order chi connectivity index (χ0) is 10.7. The van der Waals surface area contributed by atoms with Crippen molar-refractivity contribution in [3.8, 4) is 0 Å². The van der Waals surface area contributed by atoms with Crippen LogP contribution >= 0.6 is 35.0 Å². The van der Waals surface area contributed by atoms with Crippen LogP contribution in [0.5, 0.6) is 0 Å². The predicted molar refractivity (Wildman–Crippen MR) is 62.4 cm³/mol. The Bertz CT molecular complexity index is 424.